The molecule has 0 unspecified atom stereocenters. The average molecular weight is 579 g/mol. The van der Waals surface area contributed by atoms with Crippen LogP contribution in [-0.4, -0.2) is 73.4 Å². The quantitative estimate of drug-likeness (QED) is 0.292. The predicted molar refractivity (Wildman–Crippen MR) is 165 cm³/mol. The Balaban J connectivity index is 0.000000600. The van der Waals surface area contributed by atoms with Crippen molar-refractivity contribution >= 4 is 12.1 Å². The summed E-state index contributed by atoms with van der Waals surface area (Å²) in [5, 5.41) is 0. The molecule has 3 fully saturated rings. The lowest BCUT2D eigenvalue weighted by atomic mass is 9.67. The molecular formula is C35H50N2O5. The molecule has 0 radical (unpaired) electrons. The molecule has 0 atom stereocenters. The van der Waals surface area contributed by atoms with E-state index in [4.69, 9.17) is 14.2 Å². The number of piperidine rings is 1. The fourth-order valence-corrected chi connectivity index (χ4v) is 5.97. The van der Waals surface area contributed by atoms with Gasteiger partial charge in [0.1, 0.15) is 12.2 Å². The van der Waals surface area contributed by atoms with Crippen LogP contribution in [0, 0.1) is 10.8 Å². The molecule has 0 aromatic heterocycles. The van der Waals surface area contributed by atoms with Crippen molar-refractivity contribution in [3.8, 4) is 0 Å². The van der Waals surface area contributed by atoms with Crippen molar-refractivity contribution in [2.24, 2.45) is 10.8 Å². The molecule has 2 aromatic carbocycles. The maximum Gasteiger partial charge on any atom is 0.410 e. The van der Waals surface area contributed by atoms with Crippen molar-refractivity contribution in [1.82, 2.24) is 9.80 Å². The standard InChI is InChI=1S/C29H44N2O5.C6H6/c1-27(2,3)36-26(33)31(24-11-12-24)20-28(22-34-4)15-17-30(18-16-28)21-29(13-8-14-29)25(32)35-19-23-9-6-5-7-10-23;1-2-4-6-5-3-1/h5-7,9-10,24H,8,11-22H2,1-4H3;1-6H. The number of ether oxygens (including phenoxy) is 3. The number of benzene rings is 2. The normalized spacial score (nSPS) is 19.4. The van der Waals surface area contributed by atoms with Crippen LogP contribution < -0.4 is 0 Å². The number of esters is 1. The summed E-state index contributed by atoms with van der Waals surface area (Å²) in [7, 11) is 1.75. The largest absolute Gasteiger partial charge is 0.460 e. The first kappa shape index (κ1) is 32.0. The highest BCUT2D eigenvalue weighted by Gasteiger charge is 2.49. The average Bonchev–Trinajstić information content (AvgIpc) is 3.80. The minimum Gasteiger partial charge on any atom is -0.460 e. The molecule has 7 nitrogen and oxygen atoms in total. The second kappa shape index (κ2) is 14.5. The predicted octanol–water partition coefficient (Wildman–Crippen LogP) is 6.71. The number of amides is 1. The Labute approximate surface area is 252 Å². The number of methoxy groups -OCH3 is 1. The fraction of sp³-hybridized carbons (Fsp3) is 0.600. The molecule has 0 bridgehead atoms. The van der Waals surface area contributed by atoms with Gasteiger partial charge in [0.2, 0.25) is 0 Å². The molecule has 3 aliphatic rings. The van der Waals surface area contributed by atoms with Gasteiger partial charge in [-0.25, -0.2) is 4.79 Å². The summed E-state index contributed by atoms with van der Waals surface area (Å²) in [4.78, 5) is 30.5. The monoisotopic (exact) mass is 578 g/mol. The Kier molecular flexibility index (Phi) is 11.1. The molecule has 1 aliphatic heterocycles. The van der Waals surface area contributed by atoms with E-state index in [-0.39, 0.29) is 28.9 Å². The number of rotatable bonds is 10. The highest BCUT2D eigenvalue weighted by atomic mass is 16.6. The van der Waals surface area contributed by atoms with E-state index in [1.54, 1.807) is 7.11 Å². The molecule has 1 saturated heterocycles. The Morgan fingerprint density at radius 2 is 1.48 bits per heavy atom. The van der Waals surface area contributed by atoms with Gasteiger partial charge in [0, 0.05) is 31.7 Å². The van der Waals surface area contributed by atoms with Gasteiger partial charge in [0.05, 0.1) is 12.0 Å². The lowest BCUT2D eigenvalue weighted by Crippen LogP contribution is -2.54. The van der Waals surface area contributed by atoms with Gasteiger partial charge < -0.3 is 24.0 Å². The number of carbonyl (C=O) groups excluding carboxylic acids is 2. The zero-order chi connectivity index (χ0) is 30.1. The van der Waals surface area contributed by atoms with Crippen molar-refractivity contribution in [1.29, 1.82) is 0 Å². The maximum atomic E-state index is 13.1. The fourth-order valence-electron chi connectivity index (χ4n) is 5.97. The van der Waals surface area contributed by atoms with Gasteiger partial charge in [0.25, 0.3) is 0 Å². The van der Waals surface area contributed by atoms with Crippen molar-refractivity contribution in [3.05, 3.63) is 72.3 Å². The Morgan fingerprint density at radius 1 is 0.905 bits per heavy atom. The zero-order valence-corrected chi connectivity index (χ0v) is 26.1. The second-order valence-electron chi connectivity index (χ2n) is 13.4. The molecular weight excluding hydrogens is 528 g/mol. The number of hydrogen-bond acceptors (Lipinski definition) is 6. The Hall–Kier alpha value is -2.90. The summed E-state index contributed by atoms with van der Waals surface area (Å²) >= 11 is 0. The number of nitrogens with zero attached hydrogens (tertiary/aromatic N) is 2. The molecule has 42 heavy (non-hydrogen) atoms. The van der Waals surface area contributed by atoms with Crippen molar-refractivity contribution in [3.63, 3.8) is 0 Å². The van der Waals surface area contributed by atoms with Gasteiger partial charge in [-0.2, -0.15) is 0 Å². The van der Waals surface area contributed by atoms with Crippen LogP contribution in [0.1, 0.15) is 71.3 Å². The topological polar surface area (TPSA) is 68.3 Å². The van der Waals surface area contributed by atoms with Crippen molar-refractivity contribution in [2.75, 3.05) is 39.9 Å². The molecule has 5 rings (SSSR count). The van der Waals surface area contributed by atoms with Crippen LogP contribution in [0.5, 0.6) is 0 Å². The lowest BCUT2D eigenvalue weighted by molar-refractivity contribution is -0.165. The highest BCUT2D eigenvalue weighted by molar-refractivity contribution is 5.78. The Morgan fingerprint density at radius 3 is 1.95 bits per heavy atom. The van der Waals surface area contributed by atoms with Crippen LogP contribution in [0.4, 0.5) is 4.79 Å². The van der Waals surface area contributed by atoms with E-state index in [1.807, 2.05) is 92.4 Å². The van der Waals surface area contributed by atoms with E-state index >= 15 is 0 Å². The third-order valence-electron chi connectivity index (χ3n) is 8.64. The van der Waals surface area contributed by atoms with Crippen LogP contribution in [0.3, 0.4) is 0 Å². The van der Waals surface area contributed by atoms with Crippen LogP contribution in [0.2, 0.25) is 0 Å². The van der Waals surface area contributed by atoms with Gasteiger partial charge in [-0.15, -0.1) is 0 Å². The van der Waals surface area contributed by atoms with E-state index in [1.165, 1.54) is 0 Å². The van der Waals surface area contributed by atoms with Gasteiger partial charge in [-0.05, 0) is 77.9 Å². The number of carbonyl (C=O) groups is 2. The van der Waals surface area contributed by atoms with E-state index < -0.39 is 5.60 Å². The van der Waals surface area contributed by atoms with E-state index in [2.05, 4.69) is 4.90 Å². The summed E-state index contributed by atoms with van der Waals surface area (Å²) in [6.45, 7) is 9.91. The van der Waals surface area contributed by atoms with E-state index in [0.717, 1.165) is 70.1 Å². The van der Waals surface area contributed by atoms with Gasteiger partial charge in [-0.3, -0.25) is 4.79 Å². The number of hydrogen-bond donors (Lipinski definition) is 0. The molecule has 1 heterocycles. The molecule has 0 spiro atoms. The Bertz CT molecular complexity index is 1070. The molecule has 2 saturated carbocycles. The molecule has 1 amide bonds. The summed E-state index contributed by atoms with van der Waals surface area (Å²) < 4.78 is 17.2. The molecule has 7 heteroatoms. The molecule has 2 aromatic rings. The van der Waals surface area contributed by atoms with Gasteiger partial charge in [0.15, 0.2) is 0 Å². The highest BCUT2D eigenvalue weighted by Crippen LogP contribution is 2.45. The first-order valence-electron chi connectivity index (χ1n) is 15.6. The van der Waals surface area contributed by atoms with Crippen LogP contribution in [0.25, 0.3) is 0 Å². The van der Waals surface area contributed by atoms with Gasteiger partial charge >= 0.3 is 12.1 Å². The smallest absolute Gasteiger partial charge is 0.410 e. The molecule has 2 aliphatic carbocycles. The zero-order valence-electron chi connectivity index (χ0n) is 26.1. The first-order chi connectivity index (χ1) is 20.1. The second-order valence-corrected chi connectivity index (χ2v) is 13.4. The number of likely N-dealkylation sites (tertiary alicyclic amines) is 1. The summed E-state index contributed by atoms with van der Waals surface area (Å²) in [5.41, 5.74) is 0.0412. The van der Waals surface area contributed by atoms with Crippen LogP contribution in [-0.2, 0) is 25.6 Å². The summed E-state index contributed by atoms with van der Waals surface area (Å²) in [5.74, 6) is -0.0591. The minimum atomic E-state index is -0.506. The lowest BCUT2D eigenvalue weighted by Gasteiger charge is -2.48. The van der Waals surface area contributed by atoms with Gasteiger partial charge in [-0.1, -0.05) is 73.2 Å². The molecule has 0 N–H and O–H groups in total. The molecule has 230 valence electrons. The van der Waals surface area contributed by atoms with Crippen LogP contribution in [0.15, 0.2) is 66.7 Å². The third-order valence-corrected chi connectivity index (χ3v) is 8.64. The van der Waals surface area contributed by atoms with Crippen LogP contribution >= 0.6 is 0 Å². The van der Waals surface area contributed by atoms with E-state index in [9.17, 15) is 9.59 Å². The third kappa shape index (κ3) is 9.30. The minimum absolute atomic E-state index is 0.0591. The van der Waals surface area contributed by atoms with Crippen molar-refractivity contribution in [2.45, 2.75) is 84.0 Å². The first-order valence-corrected chi connectivity index (χ1v) is 15.6. The summed E-state index contributed by atoms with van der Waals surface area (Å²) in [6.07, 6.45) is 6.61. The SMILES string of the molecule is COCC1(CN(C(=O)OC(C)(C)C)C2CC2)CCN(CC2(C(=O)OCc3ccccc3)CCC2)CC1.c1ccccc1. The van der Waals surface area contributed by atoms with E-state index in [0.29, 0.717) is 19.8 Å². The maximum absolute atomic E-state index is 13.1. The van der Waals surface area contributed by atoms with Crippen molar-refractivity contribution < 1.29 is 23.8 Å². The summed E-state index contributed by atoms with van der Waals surface area (Å²) in [6, 6.07) is 22.2.